The number of benzene rings is 2. The Hall–Kier alpha value is -2.02. The van der Waals surface area contributed by atoms with Crippen LogP contribution in [0.15, 0.2) is 40.9 Å². The largest absolute Gasteiger partial charge is 0.334 e. The topological polar surface area (TPSA) is 41.1 Å². The van der Waals surface area contributed by atoms with Crippen molar-refractivity contribution >= 4 is 27.6 Å². The van der Waals surface area contributed by atoms with Crippen molar-refractivity contribution in [3.63, 3.8) is 0 Å². The lowest BCUT2D eigenvalue weighted by molar-refractivity contribution is 0.251. The maximum Gasteiger partial charge on any atom is 0.319 e. The third-order valence-electron chi connectivity index (χ3n) is 2.65. The van der Waals surface area contributed by atoms with Gasteiger partial charge < -0.3 is 10.6 Å². The molecule has 0 saturated carbocycles. The number of halogens is 4. The first-order valence-corrected chi connectivity index (χ1v) is 6.69. The Morgan fingerprint density at radius 3 is 2.33 bits per heavy atom. The molecule has 2 aromatic carbocycles. The van der Waals surface area contributed by atoms with Crippen molar-refractivity contribution in [3.8, 4) is 0 Å². The normalized spacial score (nSPS) is 10.3. The van der Waals surface area contributed by atoms with E-state index in [1.807, 2.05) is 12.1 Å². The molecule has 0 fully saturated rings. The minimum Gasteiger partial charge on any atom is -0.334 e. The summed E-state index contributed by atoms with van der Waals surface area (Å²) in [4.78, 5) is 11.6. The number of anilines is 1. The highest BCUT2D eigenvalue weighted by Crippen LogP contribution is 2.19. The number of hydrogen-bond acceptors (Lipinski definition) is 1. The van der Waals surface area contributed by atoms with Gasteiger partial charge in [-0.1, -0.05) is 28.1 Å². The molecule has 0 radical (unpaired) electrons. The Morgan fingerprint density at radius 1 is 1.00 bits per heavy atom. The summed E-state index contributed by atoms with van der Waals surface area (Å²) in [6.07, 6.45) is 0. The highest BCUT2D eigenvalue weighted by atomic mass is 79.9. The first-order chi connectivity index (χ1) is 9.97. The van der Waals surface area contributed by atoms with Crippen LogP contribution in [0.2, 0.25) is 0 Å². The molecule has 0 atom stereocenters. The van der Waals surface area contributed by atoms with Gasteiger partial charge in [-0.25, -0.2) is 18.0 Å². The third kappa shape index (κ3) is 3.98. The molecule has 21 heavy (non-hydrogen) atoms. The summed E-state index contributed by atoms with van der Waals surface area (Å²) in [6.45, 7) is 0.213. The van der Waals surface area contributed by atoms with E-state index in [1.165, 1.54) is 0 Å². The second kappa shape index (κ2) is 6.62. The van der Waals surface area contributed by atoms with E-state index in [0.717, 1.165) is 22.2 Å². The molecule has 7 heteroatoms. The lowest BCUT2D eigenvalue weighted by Crippen LogP contribution is -2.28. The van der Waals surface area contributed by atoms with E-state index in [2.05, 4.69) is 26.6 Å². The van der Waals surface area contributed by atoms with Crippen molar-refractivity contribution in [2.75, 3.05) is 5.32 Å². The monoisotopic (exact) mass is 358 g/mol. The zero-order valence-electron chi connectivity index (χ0n) is 10.6. The quantitative estimate of drug-likeness (QED) is 0.793. The van der Waals surface area contributed by atoms with Gasteiger partial charge in [0.05, 0.1) is 5.69 Å². The van der Waals surface area contributed by atoms with Gasteiger partial charge in [-0.05, 0) is 29.8 Å². The molecule has 0 heterocycles. The molecule has 0 saturated heterocycles. The lowest BCUT2D eigenvalue weighted by atomic mass is 10.2. The molecule has 2 amide bonds. The van der Waals surface area contributed by atoms with Crippen molar-refractivity contribution in [2.45, 2.75) is 6.54 Å². The van der Waals surface area contributed by atoms with E-state index in [0.29, 0.717) is 0 Å². The van der Waals surface area contributed by atoms with E-state index in [-0.39, 0.29) is 6.54 Å². The number of hydrogen-bond donors (Lipinski definition) is 2. The first-order valence-electron chi connectivity index (χ1n) is 5.90. The maximum atomic E-state index is 13.4. The molecule has 0 aliphatic carbocycles. The molecule has 0 aliphatic heterocycles. The highest BCUT2D eigenvalue weighted by Gasteiger charge is 2.14. The summed E-state index contributed by atoms with van der Waals surface area (Å²) in [7, 11) is 0. The maximum absolute atomic E-state index is 13.4. The molecule has 3 nitrogen and oxygen atoms in total. The van der Waals surface area contributed by atoms with Crippen LogP contribution in [0, 0.1) is 17.5 Å². The van der Waals surface area contributed by atoms with Crippen LogP contribution in [0.5, 0.6) is 0 Å². The van der Waals surface area contributed by atoms with Crippen LogP contribution in [0.3, 0.4) is 0 Å². The summed E-state index contributed by atoms with van der Waals surface area (Å²) in [6, 6.07) is 8.18. The van der Waals surface area contributed by atoms with Crippen LogP contribution in [-0.2, 0) is 6.54 Å². The molecule has 110 valence electrons. The summed E-state index contributed by atoms with van der Waals surface area (Å²) in [5.74, 6) is -4.37. The van der Waals surface area contributed by atoms with Crippen molar-refractivity contribution in [3.05, 3.63) is 63.9 Å². The van der Waals surface area contributed by atoms with E-state index < -0.39 is 29.2 Å². The molecule has 0 bridgehead atoms. The summed E-state index contributed by atoms with van der Waals surface area (Å²) < 4.78 is 40.0. The summed E-state index contributed by atoms with van der Waals surface area (Å²) in [5.41, 5.74) is 0.404. The Labute approximate surface area is 127 Å². The van der Waals surface area contributed by atoms with Gasteiger partial charge in [0, 0.05) is 11.0 Å². The van der Waals surface area contributed by atoms with Crippen molar-refractivity contribution < 1.29 is 18.0 Å². The van der Waals surface area contributed by atoms with Gasteiger partial charge in [0.1, 0.15) is 0 Å². The minimum absolute atomic E-state index is 0.213. The fourth-order valence-electron chi connectivity index (χ4n) is 1.57. The lowest BCUT2D eigenvalue weighted by Gasteiger charge is -2.09. The number of amides is 2. The molecular formula is C14H10BrF3N2O. The van der Waals surface area contributed by atoms with E-state index in [9.17, 15) is 18.0 Å². The van der Waals surface area contributed by atoms with Crippen LogP contribution in [0.4, 0.5) is 23.7 Å². The number of carbonyl (C=O) groups excluding carboxylic acids is 1. The second-order valence-corrected chi connectivity index (χ2v) is 5.07. The van der Waals surface area contributed by atoms with E-state index in [4.69, 9.17) is 0 Å². The number of rotatable bonds is 3. The van der Waals surface area contributed by atoms with Gasteiger partial charge in [-0.3, -0.25) is 0 Å². The predicted molar refractivity (Wildman–Crippen MR) is 76.3 cm³/mol. The summed E-state index contributed by atoms with van der Waals surface area (Å²) in [5, 5.41) is 4.60. The molecule has 2 aromatic rings. The number of urea groups is 1. The SMILES string of the molecule is O=C(NCc1ccc(Br)cc1)Nc1ccc(F)c(F)c1F. The fraction of sp³-hybridized carbons (Fsp3) is 0.0714. The highest BCUT2D eigenvalue weighted by molar-refractivity contribution is 9.10. The first kappa shape index (κ1) is 15.4. The predicted octanol–water partition coefficient (Wildman–Crippen LogP) is 4.19. The molecular weight excluding hydrogens is 349 g/mol. The van der Waals surface area contributed by atoms with Crippen molar-refractivity contribution in [1.82, 2.24) is 5.32 Å². The number of carbonyl (C=O) groups is 1. The zero-order chi connectivity index (χ0) is 15.4. The minimum atomic E-state index is -1.62. The van der Waals surface area contributed by atoms with Gasteiger partial charge in [-0.15, -0.1) is 0 Å². The molecule has 0 aromatic heterocycles. The van der Waals surface area contributed by atoms with Crippen LogP contribution < -0.4 is 10.6 Å². The zero-order valence-corrected chi connectivity index (χ0v) is 12.2. The van der Waals surface area contributed by atoms with Crippen LogP contribution in [-0.4, -0.2) is 6.03 Å². The van der Waals surface area contributed by atoms with Gasteiger partial charge in [0.2, 0.25) is 0 Å². The Kier molecular flexibility index (Phi) is 4.85. The Balaban J connectivity index is 1.96. The average molecular weight is 359 g/mol. The molecule has 0 aliphatic rings. The van der Waals surface area contributed by atoms with Crippen LogP contribution >= 0.6 is 15.9 Å². The number of nitrogens with one attached hydrogen (secondary N) is 2. The third-order valence-corrected chi connectivity index (χ3v) is 3.18. The van der Waals surface area contributed by atoms with Crippen molar-refractivity contribution in [1.29, 1.82) is 0 Å². The molecule has 0 spiro atoms. The van der Waals surface area contributed by atoms with E-state index in [1.54, 1.807) is 12.1 Å². The van der Waals surface area contributed by atoms with Crippen LogP contribution in [0.1, 0.15) is 5.56 Å². The van der Waals surface area contributed by atoms with Crippen molar-refractivity contribution in [2.24, 2.45) is 0 Å². The second-order valence-electron chi connectivity index (χ2n) is 4.16. The Bertz CT molecular complexity index is 662. The van der Waals surface area contributed by atoms with Gasteiger partial charge in [0.15, 0.2) is 17.5 Å². The average Bonchev–Trinajstić information content (AvgIpc) is 2.47. The molecule has 2 rings (SSSR count). The van der Waals surface area contributed by atoms with E-state index >= 15 is 0 Å². The summed E-state index contributed by atoms with van der Waals surface area (Å²) >= 11 is 3.28. The standard InChI is InChI=1S/C14H10BrF3N2O/c15-9-3-1-8(2-4-9)7-19-14(21)20-11-6-5-10(16)12(17)13(11)18/h1-6H,7H2,(H2,19,20,21). The smallest absolute Gasteiger partial charge is 0.319 e. The van der Waals surface area contributed by atoms with Crippen LogP contribution in [0.25, 0.3) is 0 Å². The fourth-order valence-corrected chi connectivity index (χ4v) is 1.84. The van der Waals surface area contributed by atoms with Gasteiger partial charge in [-0.2, -0.15) is 0 Å². The molecule has 2 N–H and O–H groups in total. The molecule has 0 unspecified atom stereocenters. The Morgan fingerprint density at radius 2 is 1.67 bits per heavy atom. The van der Waals surface area contributed by atoms with Gasteiger partial charge in [0.25, 0.3) is 0 Å². The van der Waals surface area contributed by atoms with Gasteiger partial charge >= 0.3 is 6.03 Å².